The lowest BCUT2D eigenvalue weighted by molar-refractivity contribution is -0.132. The quantitative estimate of drug-likeness (QED) is 0.0737. The minimum Gasteiger partial charge on any atom is -0.394 e. The molecule has 0 aliphatic heterocycles. The van der Waals surface area contributed by atoms with Gasteiger partial charge < -0.3 is 38.3 Å². The molecule has 0 aromatic heterocycles. The Balaban J connectivity index is 0. The Morgan fingerprint density at radius 2 is 1.52 bits per heavy atom. The predicted molar refractivity (Wildman–Crippen MR) is 169 cm³/mol. The number of aliphatic hydroxyl groups is 1. The first kappa shape index (κ1) is 38.1. The van der Waals surface area contributed by atoms with E-state index in [0.29, 0.717) is 25.8 Å². The lowest BCUT2D eigenvalue weighted by Crippen LogP contribution is -2.57. The van der Waals surface area contributed by atoms with Gasteiger partial charge in [-0.3, -0.25) is 34.1 Å². The summed E-state index contributed by atoms with van der Waals surface area (Å²) in [6, 6.07) is 4.22. The van der Waals surface area contributed by atoms with Gasteiger partial charge in [0.05, 0.1) is 24.7 Å². The fourth-order valence-corrected chi connectivity index (χ4v) is 4.41. The van der Waals surface area contributed by atoms with E-state index in [1.165, 1.54) is 6.92 Å². The summed E-state index contributed by atoms with van der Waals surface area (Å²) in [6.45, 7) is 4.77. The third-order valence-electron chi connectivity index (χ3n) is 7.41. The number of carbonyl (C=O) groups is 6. The molecule has 1 aromatic carbocycles. The van der Waals surface area contributed by atoms with E-state index in [2.05, 4.69) is 21.3 Å². The summed E-state index contributed by atoms with van der Waals surface area (Å²) in [5.74, 6) is -3.27. The lowest BCUT2D eigenvalue weighted by atomic mass is 9.96. The van der Waals surface area contributed by atoms with E-state index >= 15 is 0 Å². The van der Waals surface area contributed by atoms with E-state index < -0.39 is 60.4 Å². The molecule has 250 valence electrons. The highest BCUT2D eigenvalue weighted by molar-refractivity contribution is 5.92. The van der Waals surface area contributed by atoms with Gasteiger partial charge in [0.25, 0.3) is 0 Å². The molecule has 0 spiro atoms. The minimum atomic E-state index is -1.33. The smallest absolute Gasteiger partial charge is 0.245 e. The number of hydrogen-bond acceptors (Lipinski definition) is 9. The Morgan fingerprint density at radius 1 is 0.886 bits per heavy atom. The van der Waals surface area contributed by atoms with Crippen LogP contribution in [-0.2, 0) is 35.2 Å². The molecule has 0 saturated heterocycles. The number of aliphatic hydroxyl groups excluding tert-OH is 1. The van der Waals surface area contributed by atoms with Crippen LogP contribution < -0.4 is 38.5 Å². The van der Waals surface area contributed by atoms with E-state index in [4.69, 9.17) is 17.2 Å². The van der Waals surface area contributed by atoms with Crippen LogP contribution >= 0.6 is 0 Å². The lowest BCUT2D eigenvalue weighted by Gasteiger charge is -2.26. The second kappa shape index (κ2) is 20.1. The molecule has 6 atom stereocenters. The maximum atomic E-state index is 12.6. The van der Waals surface area contributed by atoms with Crippen molar-refractivity contribution >= 4 is 35.3 Å². The molecular weight excluding hydrogens is 570 g/mol. The van der Waals surface area contributed by atoms with Crippen molar-refractivity contribution in [2.45, 2.75) is 95.9 Å². The summed E-state index contributed by atoms with van der Waals surface area (Å²) < 4.78 is 0. The van der Waals surface area contributed by atoms with Gasteiger partial charge in [0, 0.05) is 22.2 Å². The third-order valence-corrected chi connectivity index (χ3v) is 7.41. The average molecular weight is 624 g/mol. The van der Waals surface area contributed by atoms with E-state index in [1.807, 2.05) is 19.9 Å². The zero-order valence-corrected chi connectivity index (χ0v) is 25.8. The highest BCUT2D eigenvalue weighted by Crippen LogP contribution is 2.11. The normalized spacial score (nSPS) is 15.1. The van der Waals surface area contributed by atoms with Crippen molar-refractivity contribution in [3.05, 3.63) is 35.9 Å². The molecular formula is C30H53N7O7. The molecule has 14 nitrogen and oxygen atoms in total. The van der Waals surface area contributed by atoms with Gasteiger partial charge in [-0.2, -0.15) is 0 Å². The molecule has 1 rings (SSSR count). The van der Waals surface area contributed by atoms with Crippen LogP contribution in [-0.4, -0.2) is 83.8 Å². The molecule has 0 fully saturated rings. The molecule has 1 aromatic rings. The van der Waals surface area contributed by atoms with Crippen molar-refractivity contribution in [2.24, 2.45) is 23.1 Å². The molecule has 0 aliphatic carbocycles. The topological polar surface area (TPSA) is 249 Å². The number of rotatable bonds is 22. The maximum Gasteiger partial charge on any atom is 0.245 e. The number of Topliss-reactive ketones (excluding diaryl/α,β-unsaturated/α-hetero) is 1. The first-order valence-corrected chi connectivity index (χ1v) is 14.9. The van der Waals surface area contributed by atoms with Gasteiger partial charge in [0.1, 0.15) is 17.9 Å². The summed E-state index contributed by atoms with van der Waals surface area (Å²) >= 11 is 0. The van der Waals surface area contributed by atoms with Gasteiger partial charge in [-0.25, -0.2) is 0 Å². The third kappa shape index (κ3) is 14.1. The van der Waals surface area contributed by atoms with Crippen molar-refractivity contribution in [3.8, 4) is 0 Å². The second-order valence-electron chi connectivity index (χ2n) is 11.0. The van der Waals surface area contributed by atoms with Crippen LogP contribution in [0.25, 0.3) is 0 Å². The number of benzene rings is 1. The van der Waals surface area contributed by atoms with Crippen molar-refractivity contribution in [3.63, 3.8) is 0 Å². The molecule has 14 heteroatoms. The fourth-order valence-electron chi connectivity index (χ4n) is 4.41. The SMILES string of the molecule is CC[C@H](C)[C@H](NC(CCC(=O)NCCCCC(N)C(=O)N[C@@H](CO)C(=O)N[C@@H](Cc1ccccc1)C(N)=O)C(C)=O)C(N)=O.[HH].[HH]. The Kier molecular flexibility index (Phi) is 17.5. The first-order valence-electron chi connectivity index (χ1n) is 14.9. The molecule has 11 N–H and O–H groups in total. The van der Waals surface area contributed by atoms with Crippen LogP contribution in [0.3, 0.4) is 0 Å². The van der Waals surface area contributed by atoms with Crippen LogP contribution in [0.1, 0.15) is 67.7 Å². The van der Waals surface area contributed by atoms with Crippen LogP contribution in [0.2, 0.25) is 0 Å². The van der Waals surface area contributed by atoms with Crippen molar-refractivity contribution in [1.82, 2.24) is 21.3 Å². The average Bonchev–Trinajstić information content (AvgIpc) is 2.98. The number of nitrogens with one attached hydrogen (secondary N) is 4. The Labute approximate surface area is 261 Å². The summed E-state index contributed by atoms with van der Waals surface area (Å²) in [7, 11) is 0. The summed E-state index contributed by atoms with van der Waals surface area (Å²) in [4.78, 5) is 73.2. The van der Waals surface area contributed by atoms with Crippen LogP contribution in [0, 0.1) is 5.92 Å². The number of ketones is 1. The Morgan fingerprint density at radius 3 is 2.07 bits per heavy atom. The number of amides is 5. The molecule has 2 unspecified atom stereocenters. The molecule has 0 radical (unpaired) electrons. The van der Waals surface area contributed by atoms with Gasteiger partial charge in [-0.1, -0.05) is 50.6 Å². The van der Waals surface area contributed by atoms with E-state index in [-0.39, 0.29) is 46.1 Å². The minimum absolute atomic E-state index is 0. The highest BCUT2D eigenvalue weighted by atomic mass is 16.3. The van der Waals surface area contributed by atoms with Crippen LogP contribution in [0.15, 0.2) is 30.3 Å². The maximum absolute atomic E-state index is 12.6. The van der Waals surface area contributed by atoms with Gasteiger partial charge in [0.15, 0.2) is 0 Å². The molecule has 0 aliphatic rings. The molecule has 44 heavy (non-hydrogen) atoms. The number of unbranched alkanes of at least 4 members (excludes halogenated alkanes) is 1. The highest BCUT2D eigenvalue weighted by Gasteiger charge is 2.28. The van der Waals surface area contributed by atoms with Gasteiger partial charge in [-0.05, 0) is 44.1 Å². The molecule has 0 bridgehead atoms. The van der Waals surface area contributed by atoms with E-state index in [0.717, 1.165) is 5.56 Å². The molecule has 5 amide bonds. The van der Waals surface area contributed by atoms with Gasteiger partial charge in [0.2, 0.25) is 29.5 Å². The number of nitrogens with two attached hydrogens (primary N) is 3. The Bertz CT molecular complexity index is 1110. The van der Waals surface area contributed by atoms with Gasteiger partial charge in [-0.15, -0.1) is 0 Å². The summed E-state index contributed by atoms with van der Waals surface area (Å²) in [5, 5.41) is 20.3. The van der Waals surface area contributed by atoms with Crippen LogP contribution in [0.4, 0.5) is 0 Å². The summed E-state index contributed by atoms with van der Waals surface area (Å²) in [6.07, 6.45) is 2.37. The van der Waals surface area contributed by atoms with E-state index in [1.54, 1.807) is 24.3 Å². The summed E-state index contributed by atoms with van der Waals surface area (Å²) in [5.41, 5.74) is 17.6. The van der Waals surface area contributed by atoms with E-state index in [9.17, 15) is 33.9 Å². The zero-order valence-electron chi connectivity index (χ0n) is 25.8. The van der Waals surface area contributed by atoms with Crippen molar-refractivity contribution < 1.29 is 36.7 Å². The zero-order chi connectivity index (χ0) is 33.2. The monoisotopic (exact) mass is 623 g/mol. The van der Waals surface area contributed by atoms with Gasteiger partial charge >= 0.3 is 0 Å². The number of hydrogen-bond donors (Lipinski definition) is 8. The largest absolute Gasteiger partial charge is 0.394 e. The van der Waals surface area contributed by atoms with Crippen LogP contribution in [0.5, 0.6) is 0 Å². The fraction of sp³-hybridized carbons (Fsp3) is 0.600. The molecule has 0 saturated carbocycles. The Hall–Kier alpha value is -3.88. The van der Waals surface area contributed by atoms with Crippen molar-refractivity contribution in [2.75, 3.05) is 13.2 Å². The second-order valence-corrected chi connectivity index (χ2v) is 11.0. The van der Waals surface area contributed by atoms with Crippen molar-refractivity contribution in [1.29, 1.82) is 0 Å². The number of carbonyl (C=O) groups excluding carboxylic acids is 6. The standard InChI is InChI=1S/C30H49N7O7.2H2/c1-4-18(2)26(28(33)42)35-22(19(3)39)13-14-25(40)34-15-9-8-12-21(31)29(43)37-24(17-38)30(44)36-23(27(32)41)16-20-10-6-5-7-11-20;;/h5-7,10-11,18,21-24,26,35,38H,4,8-9,12-17,31H2,1-3H3,(H2,32,41)(H2,33,42)(H,34,40)(H,36,44)(H,37,43);2*1H/t18-,21?,22?,23-,24-,26-;;/m0../s1. The number of primary amides is 2. The molecule has 0 heterocycles. The predicted octanol–water partition coefficient (Wildman–Crippen LogP) is -0.990. The first-order chi connectivity index (χ1) is 20.8.